The number of amides is 1. The maximum absolute atomic E-state index is 13.0. The van der Waals surface area contributed by atoms with Gasteiger partial charge < -0.3 is 9.42 Å². The number of hydrogen-bond donors (Lipinski definition) is 0. The summed E-state index contributed by atoms with van der Waals surface area (Å²) < 4.78 is 32.4. The van der Waals surface area contributed by atoms with E-state index in [1.54, 1.807) is 38.1 Å². The number of sulfonamides is 1. The normalized spacial score (nSPS) is 18.2. The van der Waals surface area contributed by atoms with Gasteiger partial charge in [-0.1, -0.05) is 22.8 Å². The molecule has 0 saturated carbocycles. The van der Waals surface area contributed by atoms with Gasteiger partial charge in [-0.2, -0.15) is 4.31 Å². The Balaban J connectivity index is 1.72. The van der Waals surface area contributed by atoms with E-state index >= 15 is 0 Å². The third-order valence-electron chi connectivity index (χ3n) is 4.88. The fourth-order valence-corrected chi connectivity index (χ4v) is 5.42. The third-order valence-corrected chi connectivity index (χ3v) is 7.22. The third kappa shape index (κ3) is 4.21. The fourth-order valence-electron chi connectivity index (χ4n) is 3.50. The summed E-state index contributed by atoms with van der Waals surface area (Å²) in [5.41, 5.74) is 1.19. The minimum Gasteiger partial charge on any atom is -0.360 e. The van der Waals surface area contributed by atoms with Crippen LogP contribution < -0.4 is 0 Å². The molecule has 152 valence electrons. The molecule has 3 rings (SSSR count). The molecule has 1 amide bonds. The van der Waals surface area contributed by atoms with Crippen LogP contribution in [0.25, 0.3) is 0 Å². The van der Waals surface area contributed by atoms with E-state index in [9.17, 15) is 13.2 Å². The second-order valence-electron chi connectivity index (χ2n) is 7.04. The van der Waals surface area contributed by atoms with E-state index in [1.807, 2.05) is 6.07 Å². The monoisotopic (exact) mass is 426 g/mol. The molecule has 8 nitrogen and oxygen atoms in total. The van der Waals surface area contributed by atoms with Crippen LogP contribution in [0, 0.1) is 19.8 Å². The number of hydrogen-bond acceptors (Lipinski definition) is 6. The predicted molar refractivity (Wildman–Crippen MR) is 103 cm³/mol. The first kappa shape index (κ1) is 20.8. The Bertz CT molecular complexity index is 939. The first-order valence-electron chi connectivity index (χ1n) is 8.98. The maximum Gasteiger partial charge on any atom is 0.248 e. The van der Waals surface area contributed by atoms with Gasteiger partial charge in [0, 0.05) is 32.9 Å². The lowest BCUT2D eigenvalue weighted by Crippen LogP contribution is -2.45. The highest BCUT2D eigenvalue weighted by Gasteiger charge is 2.37. The number of carbonyl (C=O) groups excluding carboxylic acids is 1. The number of piperidine rings is 1. The molecule has 10 heteroatoms. The number of pyridine rings is 1. The molecule has 1 aliphatic rings. The molecule has 1 fully saturated rings. The average Bonchev–Trinajstić information content (AvgIpc) is 3.02. The molecule has 0 bridgehead atoms. The van der Waals surface area contributed by atoms with Gasteiger partial charge in [0.25, 0.3) is 0 Å². The standard InChI is InChI=1S/C18H23ClN4O4S/c1-12-17(13(2)27-21-12)28(25,26)23-8-4-5-15(11-23)18(24)22(3)10-14-6-7-16(19)20-9-14/h6-7,9,15H,4-5,8,10-11H2,1-3H3. The highest BCUT2D eigenvalue weighted by Crippen LogP contribution is 2.28. The number of nitrogens with zero attached hydrogens (tertiary/aromatic N) is 4. The SMILES string of the molecule is Cc1noc(C)c1S(=O)(=O)N1CCCC(C(=O)N(C)Cc2ccc(Cl)nc2)C1. The minimum atomic E-state index is -3.75. The number of halogens is 1. The predicted octanol–water partition coefficient (Wildman–Crippen LogP) is 2.40. The quantitative estimate of drug-likeness (QED) is 0.681. The molecular formula is C18H23ClN4O4S. The zero-order valence-electron chi connectivity index (χ0n) is 16.1. The Hall–Kier alpha value is -1.97. The van der Waals surface area contributed by atoms with E-state index in [2.05, 4.69) is 10.1 Å². The molecule has 1 aliphatic heterocycles. The number of aryl methyl sites for hydroxylation is 2. The number of aromatic nitrogens is 2. The van der Waals surface area contributed by atoms with E-state index in [-0.39, 0.29) is 23.1 Å². The number of carbonyl (C=O) groups is 1. The van der Waals surface area contributed by atoms with Crippen LogP contribution in [-0.2, 0) is 21.4 Å². The minimum absolute atomic E-state index is 0.0892. The van der Waals surface area contributed by atoms with Crippen molar-refractivity contribution in [3.8, 4) is 0 Å². The van der Waals surface area contributed by atoms with Gasteiger partial charge in [-0.05, 0) is 38.3 Å². The van der Waals surface area contributed by atoms with Crippen molar-refractivity contribution in [1.29, 1.82) is 0 Å². The van der Waals surface area contributed by atoms with Crippen LogP contribution in [0.1, 0.15) is 29.9 Å². The molecule has 0 aromatic carbocycles. The average molecular weight is 427 g/mol. The van der Waals surface area contributed by atoms with Crippen LogP contribution in [0.5, 0.6) is 0 Å². The lowest BCUT2D eigenvalue weighted by molar-refractivity contribution is -0.135. The molecule has 0 spiro atoms. The highest BCUT2D eigenvalue weighted by atomic mass is 35.5. The largest absolute Gasteiger partial charge is 0.360 e. The van der Waals surface area contributed by atoms with Crippen molar-refractivity contribution in [2.75, 3.05) is 20.1 Å². The Morgan fingerprint density at radius 3 is 2.75 bits per heavy atom. The number of rotatable bonds is 5. The lowest BCUT2D eigenvalue weighted by Gasteiger charge is -2.33. The van der Waals surface area contributed by atoms with Gasteiger partial charge in [0.2, 0.25) is 15.9 Å². The van der Waals surface area contributed by atoms with Crippen LogP contribution in [0.3, 0.4) is 0 Å². The van der Waals surface area contributed by atoms with Gasteiger partial charge in [-0.3, -0.25) is 4.79 Å². The Morgan fingerprint density at radius 1 is 1.39 bits per heavy atom. The van der Waals surface area contributed by atoms with Crippen molar-refractivity contribution in [1.82, 2.24) is 19.3 Å². The Kier molecular flexibility index (Phi) is 6.07. The van der Waals surface area contributed by atoms with Crippen molar-refractivity contribution < 1.29 is 17.7 Å². The van der Waals surface area contributed by atoms with Gasteiger partial charge in [0.1, 0.15) is 15.7 Å². The molecule has 28 heavy (non-hydrogen) atoms. The van der Waals surface area contributed by atoms with E-state index in [0.29, 0.717) is 36.8 Å². The van der Waals surface area contributed by atoms with Crippen molar-refractivity contribution in [3.05, 3.63) is 40.5 Å². The molecule has 3 heterocycles. The lowest BCUT2D eigenvalue weighted by atomic mass is 9.98. The van der Waals surface area contributed by atoms with Crippen molar-refractivity contribution in [2.45, 2.75) is 38.1 Å². The Morgan fingerprint density at radius 2 is 2.14 bits per heavy atom. The summed E-state index contributed by atoms with van der Waals surface area (Å²) in [4.78, 5) is 18.6. The summed E-state index contributed by atoms with van der Waals surface area (Å²) >= 11 is 5.79. The van der Waals surface area contributed by atoms with Crippen LogP contribution in [0.2, 0.25) is 5.15 Å². The summed E-state index contributed by atoms with van der Waals surface area (Å²) in [5.74, 6) is -0.221. The maximum atomic E-state index is 13.0. The molecule has 1 unspecified atom stereocenters. The zero-order chi connectivity index (χ0) is 20.5. The second-order valence-corrected chi connectivity index (χ2v) is 9.30. The van der Waals surface area contributed by atoms with Crippen molar-refractivity contribution >= 4 is 27.5 Å². The highest BCUT2D eigenvalue weighted by molar-refractivity contribution is 7.89. The Labute approximate surface area is 169 Å². The van der Waals surface area contributed by atoms with Crippen LogP contribution >= 0.6 is 11.6 Å². The van der Waals surface area contributed by atoms with Crippen LogP contribution in [0.15, 0.2) is 27.7 Å². The van der Waals surface area contributed by atoms with E-state index < -0.39 is 15.9 Å². The molecule has 0 aliphatic carbocycles. The second kappa shape index (κ2) is 8.18. The smallest absolute Gasteiger partial charge is 0.248 e. The van der Waals surface area contributed by atoms with E-state index in [4.69, 9.17) is 16.1 Å². The fraction of sp³-hybridized carbons (Fsp3) is 0.500. The van der Waals surface area contributed by atoms with Gasteiger partial charge in [0.15, 0.2) is 5.76 Å². The van der Waals surface area contributed by atoms with Gasteiger partial charge in [-0.15, -0.1) is 0 Å². The van der Waals surface area contributed by atoms with Gasteiger partial charge in [-0.25, -0.2) is 13.4 Å². The summed E-state index contributed by atoms with van der Waals surface area (Å²) in [6, 6.07) is 3.49. The zero-order valence-corrected chi connectivity index (χ0v) is 17.6. The molecular weight excluding hydrogens is 404 g/mol. The first-order valence-corrected chi connectivity index (χ1v) is 10.8. The summed E-state index contributed by atoms with van der Waals surface area (Å²) in [6.45, 7) is 4.09. The summed E-state index contributed by atoms with van der Waals surface area (Å²) in [7, 11) is -2.05. The van der Waals surface area contributed by atoms with Crippen molar-refractivity contribution in [3.63, 3.8) is 0 Å². The molecule has 2 aromatic rings. The van der Waals surface area contributed by atoms with E-state index in [0.717, 1.165) is 5.56 Å². The molecule has 0 radical (unpaired) electrons. The van der Waals surface area contributed by atoms with Crippen LogP contribution in [-0.4, -0.2) is 53.8 Å². The molecule has 1 saturated heterocycles. The van der Waals surface area contributed by atoms with Gasteiger partial charge in [0.05, 0.1) is 5.92 Å². The van der Waals surface area contributed by atoms with Crippen LogP contribution in [0.4, 0.5) is 0 Å². The topological polar surface area (TPSA) is 96.6 Å². The first-order chi connectivity index (χ1) is 13.2. The van der Waals surface area contributed by atoms with Gasteiger partial charge >= 0.3 is 0 Å². The molecule has 1 atom stereocenters. The van der Waals surface area contributed by atoms with Crippen molar-refractivity contribution in [2.24, 2.45) is 5.92 Å². The molecule has 2 aromatic heterocycles. The summed E-state index contributed by atoms with van der Waals surface area (Å²) in [6.07, 6.45) is 2.90. The van der Waals surface area contributed by atoms with E-state index in [1.165, 1.54) is 4.31 Å². The summed E-state index contributed by atoms with van der Waals surface area (Å²) in [5, 5.41) is 4.14. The molecule has 0 N–H and O–H groups in total.